The van der Waals surface area contributed by atoms with Crippen molar-refractivity contribution in [3.05, 3.63) is 28.4 Å². The van der Waals surface area contributed by atoms with Crippen LogP contribution in [0.15, 0.2) is 27.1 Å². The Hall–Kier alpha value is -1.49. The zero-order valence-corrected chi connectivity index (χ0v) is 11.5. The van der Waals surface area contributed by atoms with Gasteiger partial charge in [-0.25, -0.2) is 0 Å². The molecule has 0 bridgehead atoms. The summed E-state index contributed by atoms with van der Waals surface area (Å²) in [7, 11) is 3.41. The van der Waals surface area contributed by atoms with E-state index in [2.05, 4.69) is 26.2 Å². The van der Waals surface area contributed by atoms with Gasteiger partial charge in [-0.15, -0.1) is 0 Å². The van der Waals surface area contributed by atoms with Crippen molar-refractivity contribution in [2.45, 2.75) is 6.92 Å². The topological polar surface area (TPSA) is 47.3 Å². The van der Waals surface area contributed by atoms with Crippen LogP contribution in [0.4, 0.5) is 6.01 Å². The smallest absolute Gasteiger partial charge is 0.295 e. The van der Waals surface area contributed by atoms with Crippen LogP contribution >= 0.6 is 15.9 Å². The van der Waals surface area contributed by atoms with Crippen LogP contribution in [0.3, 0.4) is 0 Å². The standard InChI is InChI=1S/C12H13BrN2O2/c1-7-11(15-12(14-2)17-7)9-6-8(13)4-5-10(9)16-3/h4-6H,1-3H3,(H,14,15). The Morgan fingerprint density at radius 1 is 1.41 bits per heavy atom. The van der Waals surface area contributed by atoms with Crippen molar-refractivity contribution in [1.29, 1.82) is 0 Å². The summed E-state index contributed by atoms with van der Waals surface area (Å²) in [6.07, 6.45) is 0. The molecule has 0 aliphatic heterocycles. The average molecular weight is 297 g/mol. The summed E-state index contributed by atoms with van der Waals surface area (Å²) in [5.41, 5.74) is 1.69. The lowest BCUT2D eigenvalue weighted by atomic mass is 10.1. The maximum atomic E-state index is 5.46. The first-order valence-corrected chi connectivity index (χ1v) is 5.94. The third-order valence-corrected chi connectivity index (χ3v) is 2.92. The first-order valence-electron chi connectivity index (χ1n) is 5.14. The van der Waals surface area contributed by atoms with Crippen LogP contribution in [0.5, 0.6) is 5.75 Å². The van der Waals surface area contributed by atoms with Crippen LogP contribution < -0.4 is 10.1 Å². The molecule has 4 nitrogen and oxygen atoms in total. The number of methoxy groups -OCH3 is 1. The van der Waals surface area contributed by atoms with Crippen LogP contribution in [0, 0.1) is 6.92 Å². The fraction of sp³-hybridized carbons (Fsp3) is 0.250. The molecule has 0 saturated heterocycles. The van der Waals surface area contributed by atoms with Crippen molar-refractivity contribution < 1.29 is 9.15 Å². The van der Waals surface area contributed by atoms with E-state index >= 15 is 0 Å². The zero-order valence-electron chi connectivity index (χ0n) is 9.87. The number of anilines is 1. The number of oxazole rings is 1. The Balaban J connectivity index is 2.58. The van der Waals surface area contributed by atoms with Gasteiger partial charge in [-0.3, -0.25) is 0 Å². The Morgan fingerprint density at radius 3 is 2.76 bits per heavy atom. The van der Waals surface area contributed by atoms with Gasteiger partial charge < -0.3 is 14.5 Å². The van der Waals surface area contributed by atoms with Gasteiger partial charge in [0.2, 0.25) is 0 Å². The summed E-state index contributed by atoms with van der Waals surface area (Å²) in [6.45, 7) is 1.88. The van der Waals surface area contributed by atoms with E-state index < -0.39 is 0 Å². The average Bonchev–Trinajstić information content (AvgIpc) is 2.70. The molecule has 5 heteroatoms. The van der Waals surface area contributed by atoms with E-state index in [0.717, 1.165) is 27.2 Å². The molecule has 0 unspecified atom stereocenters. The molecule has 2 rings (SSSR count). The molecule has 17 heavy (non-hydrogen) atoms. The predicted molar refractivity (Wildman–Crippen MR) is 70.5 cm³/mol. The first kappa shape index (κ1) is 12.0. The molecule has 0 radical (unpaired) electrons. The van der Waals surface area contributed by atoms with Gasteiger partial charge in [0.25, 0.3) is 6.01 Å². The molecule has 90 valence electrons. The number of ether oxygens (including phenoxy) is 1. The number of nitrogens with zero attached hydrogens (tertiary/aromatic N) is 1. The van der Waals surface area contributed by atoms with E-state index in [0.29, 0.717) is 6.01 Å². The second-order valence-corrected chi connectivity index (χ2v) is 4.43. The molecule has 2 aromatic rings. The van der Waals surface area contributed by atoms with E-state index in [4.69, 9.17) is 9.15 Å². The number of hydrogen-bond acceptors (Lipinski definition) is 4. The van der Waals surface area contributed by atoms with Crippen LogP contribution in [-0.4, -0.2) is 19.1 Å². The Kier molecular flexibility index (Phi) is 3.38. The Morgan fingerprint density at radius 2 is 2.18 bits per heavy atom. The number of aryl methyl sites for hydroxylation is 1. The van der Waals surface area contributed by atoms with Crippen LogP contribution in [0.25, 0.3) is 11.3 Å². The van der Waals surface area contributed by atoms with E-state index in [1.165, 1.54) is 0 Å². The van der Waals surface area contributed by atoms with Gasteiger partial charge in [-0.2, -0.15) is 4.98 Å². The highest BCUT2D eigenvalue weighted by Gasteiger charge is 2.15. The van der Waals surface area contributed by atoms with Crippen LogP contribution in [-0.2, 0) is 0 Å². The van der Waals surface area contributed by atoms with Crippen molar-refractivity contribution in [2.24, 2.45) is 0 Å². The monoisotopic (exact) mass is 296 g/mol. The molecule has 0 aliphatic rings. The summed E-state index contributed by atoms with van der Waals surface area (Å²) >= 11 is 3.44. The molecule has 0 atom stereocenters. The molecule has 0 saturated carbocycles. The van der Waals surface area contributed by atoms with Gasteiger partial charge in [0, 0.05) is 17.1 Å². The fourth-order valence-electron chi connectivity index (χ4n) is 1.62. The second kappa shape index (κ2) is 4.79. The summed E-state index contributed by atoms with van der Waals surface area (Å²) in [5.74, 6) is 1.53. The number of hydrogen-bond donors (Lipinski definition) is 1. The third kappa shape index (κ3) is 2.29. The molecular weight excluding hydrogens is 284 g/mol. The van der Waals surface area contributed by atoms with Gasteiger partial charge in [-0.05, 0) is 25.1 Å². The van der Waals surface area contributed by atoms with E-state index in [1.807, 2.05) is 25.1 Å². The molecule has 1 N–H and O–H groups in total. The van der Waals surface area contributed by atoms with Gasteiger partial charge in [0.15, 0.2) is 0 Å². The minimum atomic E-state index is 0.500. The van der Waals surface area contributed by atoms with Crippen molar-refractivity contribution in [3.63, 3.8) is 0 Å². The lowest BCUT2D eigenvalue weighted by Gasteiger charge is -2.06. The van der Waals surface area contributed by atoms with Gasteiger partial charge in [0.05, 0.1) is 7.11 Å². The number of halogens is 1. The van der Waals surface area contributed by atoms with E-state index in [9.17, 15) is 0 Å². The number of aromatic nitrogens is 1. The minimum absolute atomic E-state index is 0.500. The molecule has 1 aromatic heterocycles. The van der Waals surface area contributed by atoms with Crippen LogP contribution in [0.2, 0.25) is 0 Å². The molecular formula is C12H13BrN2O2. The SMILES string of the molecule is CNc1nc(-c2cc(Br)ccc2OC)c(C)o1. The maximum Gasteiger partial charge on any atom is 0.295 e. The highest BCUT2D eigenvalue weighted by atomic mass is 79.9. The van der Waals surface area contributed by atoms with Crippen LogP contribution in [0.1, 0.15) is 5.76 Å². The quantitative estimate of drug-likeness (QED) is 0.942. The normalized spacial score (nSPS) is 10.4. The van der Waals surface area contributed by atoms with Crippen molar-refractivity contribution in [2.75, 3.05) is 19.5 Å². The first-order chi connectivity index (χ1) is 8.15. The predicted octanol–water partition coefficient (Wildman–Crippen LogP) is 3.46. The van der Waals surface area contributed by atoms with Crippen molar-refractivity contribution in [3.8, 4) is 17.0 Å². The van der Waals surface area contributed by atoms with E-state index in [1.54, 1.807) is 14.2 Å². The summed E-state index contributed by atoms with van der Waals surface area (Å²) in [5, 5.41) is 2.88. The fourth-order valence-corrected chi connectivity index (χ4v) is 1.98. The second-order valence-electron chi connectivity index (χ2n) is 3.52. The summed E-state index contributed by atoms with van der Waals surface area (Å²) in [4.78, 5) is 4.37. The molecule has 0 spiro atoms. The van der Waals surface area contributed by atoms with E-state index in [-0.39, 0.29) is 0 Å². The highest BCUT2D eigenvalue weighted by molar-refractivity contribution is 9.10. The molecule has 0 amide bonds. The molecule has 1 aromatic carbocycles. The zero-order chi connectivity index (χ0) is 12.4. The Labute approximate surface area is 108 Å². The molecule has 1 heterocycles. The third-order valence-electron chi connectivity index (χ3n) is 2.43. The van der Waals surface area contributed by atoms with Gasteiger partial charge in [0.1, 0.15) is 17.2 Å². The number of nitrogens with one attached hydrogen (secondary N) is 1. The largest absolute Gasteiger partial charge is 0.496 e. The van der Waals surface area contributed by atoms with Gasteiger partial charge in [-0.1, -0.05) is 15.9 Å². The van der Waals surface area contributed by atoms with Gasteiger partial charge >= 0.3 is 0 Å². The molecule has 0 aliphatic carbocycles. The minimum Gasteiger partial charge on any atom is -0.496 e. The maximum absolute atomic E-state index is 5.46. The van der Waals surface area contributed by atoms with Crippen molar-refractivity contribution >= 4 is 21.9 Å². The molecule has 0 fully saturated rings. The number of rotatable bonds is 3. The van der Waals surface area contributed by atoms with Crippen molar-refractivity contribution in [1.82, 2.24) is 4.98 Å². The Bertz CT molecular complexity index is 537. The lowest BCUT2D eigenvalue weighted by Crippen LogP contribution is -1.90. The summed E-state index contributed by atoms with van der Waals surface area (Å²) < 4.78 is 11.8. The summed E-state index contributed by atoms with van der Waals surface area (Å²) in [6, 6.07) is 6.28. The number of benzene rings is 1. The highest BCUT2D eigenvalue weighted by Crippen LogP contribution is 2.34. The lowest BCUT2D eigenvalue weighted by molar-refractivity contribution is 0.416.